The molecule has 1 atom stereocenters. The van der Waals surface area contributed by atoms with Gasteiger partial charge in [-0.25, -0.2) is 13.2 Å². The van der Waals surface area contributed by atoms with E-state index in [0.717, 1.165) is 25.0 Å². The van der Waals surface area contributed by atoms with Crippen LogP contribution in [-0.4, -0.2) is 23.8 Å². The molecule has 4 aliphatic carbocycles. The minimum Gasteiger partial charge on any atom is -0.505 e. The van der Waals surface area contributed by atoms with E-state index in [4.69, 9.17) is 4.74 Å². The highest BCUT2D eigenvalue weighted by atomic mass is 19.3. The fourth-order valence-electron chi connectivity index (χ4n) is 5.98. The van der Waals surface area contributed by atoms with E-state index in [0.29, 0.717) is 18.8 Å². The van der Waals surface area contributed by atoms with Gasteiger partial charge < -0.3 is 9.84 Å². The van der Waals surface area contributed by atoms with Crippen LogP contribution in [0.3, 0.4) is 0 Å². The predicted molar refractivity (Wildman–Crippen MR) is 97.8 cm³/mol. The second-order valence-electron chi connectivity index (χ2n) is 9.46. The fraction of sp³-hybridized carbons (Fsp3) is 0.727. The van der Waals surface area contributed by atoms with Crippen molar-refractivity contribution in [2.45, 2.75) is 70.4 Å². The molecule has 29 heavy (non-hydrogen) atoms. The molecule has 0 saturated heterocycles. The summed E-state index contributed by atoms with van der Waals surface area (Å²) in [5, 5.41) is 9.19. The van der Waals surface area contributed by atoms with Gasteiger partial charge in [-0.3, -0.25) is 0 Å². The topological polar surface area (TPSA) is 29.5 Å². The van der Waals surface area contributed by atoms with E-state index in [2.05, 4.69) is 6.92 Å². The first-order valence-electron chi connectivity index (χ1n) is 10.4. The number of halogens is 5. The standard InChI is InChI=1S/C22H27F5O2/c1-13-2-4-14(5-3-13)21-10-8-20(9-11-21,19(25)22(21,26)27)12-29-16-7-6-15(28)17(23)18(16)24/h6-7,13-14,19,28H,2-5,8-12H2,1H3. The first-order valence-corrected chi connectivity index (χ1v) is 10.4. The Kier molecular flexibility index (Phi) is 5.02. The molecule has 4 fully saturated rings. The van der Waals surface area contributed by atoms with Gasteiger partial charge in [0.2, 0.25) is 11.6 Å². The van der Waals surface area contributed by atoms with E-state index >= 15 is 13.2 Å². The van der Waals surface area contributed by atoms with Crippen molar-refractivity contribution in [3.63, 3.8) is 0 Å². The van der Waals surface area contributed by atoms with Crippen LogP contribution in [0, 0.1) is 34.3 Å². The lowest BCUT2D eigenvalue weighted by molar-refractivity contribution is -0.293. The highest BCUT2D eigenvalue weighted by molar-refractivity contribution is 5.34. The molecule has 4 aliphatic rings. The van der Waals surface area contributed by atoms with Crippen molar-refractivity contribution in [2.75, 3.05) is 6.61 Å². The summed E-state index contributed by atoms with van der Waals surface area (Å²) in [6, 6.07) is 1.94. The van der Waals surface area contributed by atoms with Gasteiger partial charge in [-0.1, -0.05) is 19.8 Å². The third kappa shape index (κ3) is 3.02. The van der Waals surface area contributed by atoms with E-state index in [1.807, 2.05) is 0 Å². The Morgan fingerprint density at radius 2 is 1.62 bits per heavy atom. The molecular weight excluding hydrogens is 391 g/mol. The molecule has 7 heteroatoms. The van der Waals surface area contributed by atoms with Crippen LogP contribution >= 0.6 is 0 Å². The molecule has 1 N–H and O–H groups in total. The lowest BCUT2D eigenvalue weighted by atomic mass is 9.46. The molecule has 162 valence electrons. The van der Waals surface area contributed by atoms with Crippen LogP contribution in [0.4, 0.5) is 22.0 Å². The first-order chi connectivity index (χ1) is 13.6. The molecule has 2 bridgehead atoms. The van der Waals surface area contributed by atoms with Crippen LogP contribution in [0.2, 0.25) is 0 Å². The summed E-state index contributed by atoms with van der Waals surface area (Å²) in [5.74, 6) is -7.36. The molecule has 4 saturated carbocycles. The Morgan fingerprint density at radius 3 is 2.24 bits per heavy atom. The lowest BCUT2D eigenvalue weighted by Gasteiger charge is -2.62. The third-order valence-corrected chi connectivity index (χ3v) is 8.00. The summed E-state index contributed by atoms with van der Waals surface area (Å²) >= 11 is 0. The monoisotopic (exact) mass is 418 g/mol. The van der Waals surface area contributed by atoms with Gasteiger partial charge in [-0.2, -0.15) is 8.78 Å². The molecule has 2 nitrogen and oxygen atoms in total. The summed E-state index contributed by atoms with van der Waals surface area (Å²) in [7, 11) is 0. The molecule has 0 aliphatic heterocycles. The molecule has 0 heterocycles. The van der Waals surface area contributed by atoms with Crippen LogP contribution in [0.25, 0.3) is 0 Å². The molecule has 0 spiro atoms. The number of phenolic OH excluding ortho intramolecular Hbond substituents is 1. The Hall–Kier alpha value is -1.53. The molecule has 0 aromatic heterocycles. The predicted octanol–water partition coefficient (Wildman–Crippen LogP) is 6.41. The Morgan fingerprint density at radius 1 is 1.00 bits per heavy atom. The maximum absolute atomic E-state index is 15.4. The molecule has 1 unspecified atom stereocenters. The zero-order valence-corrected chi connectivity index (χ0v) is 16.5. The van der Waals surface area contributed by atoms with Crippen molar-refractivity contribution in [1.29, 1.82) is 0 Å². The molecule has 1 aromatic rings. The highest BCUT2D eigenvalue weighted by Crippen LogP contribution is 2.69. The lowest BCUT2D eigenvalue weighted by Crippen LogP contribution is -2.67. The number of alkyl halides is 3. The van der Waals surface area contributed by atoms with Gasteiger partial charge >= 0.3 is 0 Å². The second kappa shape index (κ2) is 7.02. The van der Waals surface area contributed by atoms with Crippen molar-refractivity contribution >= 4 is 0 Å². The Bertz CT molecular complexity index is 765. The van der Waals surface area contributed by atoms with E-state index < -0.39 is 52.7 Å². The van der Waals surface area contributed by atoms with Gasteiger partial charge in [0.25, 0.3) is 5.92 Å². The molecule has 1 aromatic carbocycles. The number of phenols is 1. The van der Waals surface area contributed by atoms with Crippen molar-refractivity contribution in [2.24, 2.45) is 22.7 Å². The van der Waals surface area contributed by atoms with Crippen molar-refractivity contribution in [1.82, 2.24) is 0 Å². The van der Waals surface area contributed by atoms with E-state index in [1.54, 1.807) is 0 Å². The number of hydrogen-bond acceptors (Lipinski definition) is 2. The number of ether oxygens (including phenoxy) is 1. The number of rotatable bonds is 4. The van der Waals surface area contributed by atoms with Gasteiger partial charge in [-0.15, -0.1) is 0 Å². The summed E-state index contributed by atoms with van der Waals surface area (Å²) in [5.41, 5.74) is -2.71. The van der Waals surface area contributed by atoms with Crippen LogP contribution in [0.1, 0.15) is 58.3 Å². The van der Waals surface area contributed by atoms with E-state index in [9.17, 15) is 13.9 Å². The van der Waals surface area contributed by atoms with Gasteiger partial charge in [0.1, 0.15) is 0 Å². The van der Waals surface area contributed by atoms with Gasteiger partial charge in [0.15, 0.2) is 17.7 Å². The molecule has 0 amide bonds. The zero-order valence-electron chi connectivity index (χ0n) is 16.5. The second-order valence-corrected chi connectivity index (χ2v) is 9.46. The van der Waals surface area contributed by atoms with Gasteiger partial charge in [-0.05, 0) is 62.5 Å². The minimum absolute atomic E-state index is 0.171. The third-order valence-electron chi connectivity index (χ3n) is 8.00. The van der Waals surface area contributed by atoms with Crippen LogP contribution < -0.4 is 4.74 Å². The van der Waals surface area contributed by atoms with Crippen LogP contribution in [0.15, 0.2) is 12.1 Å². The van der Waals surface area contributed by atoms with Crippen molar-refractivity contribution in [3.05, 3.63) is 23.8 Å². The number of aromatic hydroxyl groups is 1. The average molecular weight is 418 g/mol. The minimum atomic E-state index is -3.46. The van der Waals surface area contributed by atoms with Crippen molar-refractivity contribution in [3.8, 4) is 11.5 Å². The molecular formula is C22H27F5O2. The van der Waals surface area contributed by atoms with Crippen molar-refractivity contribution < 1.29 is 31.8 Å². The van der Waals surface area contributed by atoms with Crippen LogP contribution in [-0.2, 0) is 0 Å². The number of hydrogen-bond donors (Lipinski definition) is 1. The Balaban J connectivity index is 1.54. The Labute approximate surface area is 167 Å². The van der Waals surface area contributed by atoms with Crippen LogP contribution in [0.5, 0.6) is 11.5 Å². The summed E-state index contributed by atoms with van der Waals surface area (Å²) in [6.45, 7) is 1.68. The fourth-order valence-corrected chi connectivity index (χ4v) is 5.98. The highest BCUT2D eigenvalue weighted by Gasteiger charge is 2.73. The normalized spacial score (nSPS) is 38.8. The number of benzene rings is 1. The average Bonchev–Trinajstić information content (AvgIpc) is 2.71. The maximum Gasteiger partial charge on any atom is 0.285 e. The maximum atomic E-state index is 15.4. The van der Waals surface area contributed by atoms with Gasteiger partial charge in [0, 0.05) is 10.8 Å². The molecule has 5 rings (SSSR count). The summed E-state index contributed by atoms with van der Waals surface area (Å²) in [4.78, 5) is 0. The first kappa shape index (κ1) is 20.7. The number of fused-ring (bicyclic) bond motifs is 3. The molecule has 0 radical (unpaired) electrons. The van der Waals surface area contributed by atoms with E-state index in [-0.39, 0.29) is 31.6 Å². The quantitative estimate of drug-likeness (QED) is 0.573. The smallest absolute Gasteiger partial charge is 0.285 e. The SMILES string of the molecule is CC1CCC(C23CCC(COc4ccc(O)c(F)c4F)(CC2)C(F)C3(F)F)CC1. The summed E-state index contributed by atoms with van der Waals surface area (Å²) < 4.78 is 78.8. The van der Waals surface area contributed by atoms with Gasteiger partial charge in [0.05, 0.1) is 6.61 Å². The summed E-state index contributed by atoms with van der Waals surface area (Å²) in [6.07, 6.45) is 1.82. The largest absolute Gasteiger partial charge is 0.505 e. The van der Waals surface area contributed by atoms with E-state index in [1.165, 1.54) is 0 Å². The zero-order chi connectivity index (χ0) is 21.0.